The molecule has 0 saturated carbocycles. The maximum atomic E-state index is 11.9. The molecule has 1 rings (SSSR count). The molecule has 0 aliphatic rings. The van der Waals surface area contributed by atoms with Gasteiger partial charge in [-0.1, -0.05) is 12.1 Å². The van der Waals surface area contributed by atoms with Gasteiger partial charge < -0.3 is 4.74 Å². The zero-order chi connectivity index (χ0) is 12.2. The van der Waals surface area contributed by atoms with Crippen LogP contribution in [0.1, 0.15) is 5.56 Å². The zero-order valence-electron chi connectivity index (χ0n) is 8.04. The maximum Gasteiger partial charge on any atom is 0.573 e. The molecule has 3 N–H and O–H groups in total. The van der Waals surface area contributed by atoms with E-state index in [2.05, 4.69) is 4.74 Å². The number of hydrazine groups is 1. The van der Waals surface area contributed by atoms with Crippen molar-refractivity contribution in [2.24, 2.45) is 5.84 Å². The Morgan fingerprint density at radius 2 is 2.12 bits per heavy atom. The largest absolute Gasteiger partial charge is 0.573 e. The summed E-state index contributed by atoms with van der Waals surface area (Å²) in [5, 5.41) is 0. The fourth-order valence-corrected chi connectivity index (χ4v) is 1.09. The lowest BCUT2D eigenvalue weighted by molar-refractivity contribution is -0.274. The predicted molar refractivity (Wildman–Crippen MR) is 49.2 cm³/mol. The van der Waals surface area contributed by atoms with Crippen molar-refractivity contribution >= 4 is 5.91 Å². The van der Waals surface area contributed by atoms with Gasteiger partial charge in [0.2, 0.25) is 5.91 Å². The molecule has 1 aromatic rings. The van der Waals surface area contributed by atoms with Crippen molar-refractivity contribution in [2.45, 2.75) is 12.8 Å². The minimum absolute atomic E-state index is 0.106. The van der Waals surface area contributed by atoms with Crippen LogP contribution in [-0.2, 0) is 11.2 Å². The van der Waals surface area contributed by atoms with Crippen LogP contribution in [0.4, 0.5) is 13.2 Å². The molecule has 0 heterocycles. The molecule has 1 aromatic carbocycles. The number of nitrogens with one attached hydrogen (secondary N) is 1. The number of amides is 1. The zero-order valence-corrected chi connectivity index (χ0v) is 8.04. The van der Waals surface area contributed by atoms with Crippen molar-refractivity contribution in [3.63, 3.8) is 0 Å². The number of halogens is 3. The Morgan fingerprint density at radius 1 is 1.44 bits per heavy atom. The number of nitrogens with two attached hydrogens (primary N) is 1. The van der Waals surface area contributed by atoms with Gasteiger partial charge in [-0.05, 0) is 17.7 Å². The van der Waals surface area contributed by atoms with Crippen LogP contribution in [0.5, 0.6) is 5.75 Å². The summed E-state index contributed by atoms with van der Waals surface area (Å²) in [4.78, 5) is 10.9. The first kappa shape index (κ1) is 12.3. The molecule has 0 aromatic heterocycles. The summed E-state index contributed by atoms with van der Waals surface area (Å²) in [7, 11) is 0. The third kappa shape index (κ3) is 4.18. The first-order valence-electron chi connectivity index (χ1n) is 4.25. The van der Waals surface area contributed by atoms with Gasteiger partial charge in [-0.15, -0.1) is 13.2 Å². The minimum atomic E-state index is -4.74. The summed E-state index contributed by atoms with van der Waals surface area (Å²) < 4.78 is 39.3. The minimum Gasteiger partial charge on any atom is -0.406 e. The van der Waals surface area contributed by atoms with Gasteiger partial charge in [0.05, 0.1) is 6.42 Å². The Bertz CT molecular complexity index is 379. The fraction of sp³-hybridized carbons (Fsp3) is 0.222. The van der Waals surface area contributed by atoms with Gasteiger partial charge >= 0.3 is 6.36 Å². The second-order valence-corrected chi connectivity index (χ2v) is 2.94. The summed E-state index contributed by atoms with van der Waals surface area (Å²) in [5.41, 5.74) is 2.26. The number of benzene rings is 1. The Balaban J connectivity index is 2.75. The van der Waals surface area contributed by atoms with Crippen LogP contribution in [0.25, 0.3) is 0 Å². The van der Waals surface area contributed by atoms with Crippen molar-refractivity contribution in [1.82, 2.24) is 5.43 Å². The second kappa shape index (κ2) is 4.84. The van der Waals surface area contributed by atoms with Gasteiger partial charge in [0.15, 0.2) is 0 Å². The molecule has 0 saturated heterocycles. The number of alkyl halides is 3. The molecular formula is C9H9F3N2O2. The highest BCUT2D eigenvalue weighted by molar-refractivity contribution is 5.77. The Hall–Kier alpha value is -1.76. The molecule has 0 spiro atoms. The average molecular weight is 234 g/mol. The van der Waals surface area contributed by atoms with Crippen LogP contribution >= 0.6 is 0 Å². The van der Waals surface area contributed by atoms with E-state index in [1.807, 2.05) is 5.43 Å². The highest BCUT2D eigenvalue weighted by Gasteiger charge is 2.31. The molecule has 16 heavy (non-hydrogen) atoms. The summed E-state index contributed by atoms with van der Waals surface area (Å²) in [6.07, 6.45) is -4.85. The molecule has 7 heteroatoms. The lowest BCUT2D eigenvalue weighted by Crippen LogP contribution is -2.31. The van der Waals surface area contributed by atoms with Crippen molar-refractivity contribution in [1.29, 1.82) is 0 Å². The SMILES string of the molecule is NNC(=O)Cc1cccc(OC(F)(F)F)c1. The van der Waals surface area contributed by atoms with Crippen LogP contribution < -0.4 is 16.0 Å². The Kier molecular flexibility index (Phi) is 3.73. The van der Waals surface area contributed by atoms with Crippen LogP contribution in [0.3, 0.4) is 0 Å². The van der Waals surface area contributed by atoms with Crippen molar-refractivity contribution in [2.75, 3.05) is 0 Å². The third-order valence-electron chi connectivity index (χ3n) is 1.66. The van der Waals surface area contributed by atoms with Crippen LogP contribution in [-0.4, -0.2) is 12.3 Å². The summed E-state index contributed by atoms with van der Waals surface area (Å²) in [6.45, 7) is 0. The van der Waals surface area contributed by atoms with E-state index in [4.69, 9.17) is 5.84 Å². The van der Waals surface area contributed by atoms with E-state index in [9.17, 15) is 18.0 Å². The van der Waals surface area contributed by atoms with Crippen LogP contribution in [0.15, 0.2) is 24.3 Å². The van der Waals surface area contributed by atoms with E-state index in [1.165, 1.54) is 12.1 Å². The van der Waals surface area contributed by atoms with E-state index in [-0.39, 0.29) is 12.2 Å². The molecule has 1 amide bonds. The smallest absolute Gasteiger partial charge is 0.406 e. The molecule has 0 radical (unpaired) electrons. The van der Waals surface area contributed by atoms with Crippen LogP contribution in [0, 0.1) is 0 Å². The van der Waals surface area contributed by atoms with Crippen molar-refractivity contribution in [3.05, 3.63) is 29.8 Å². The number of carbonyl (C=O) groups is 1. The highest BCUT2D eigenvalue weighted by atomic mass is 19.4. The van der Waals surface area contributed by atoms with Gasteiger partial charge in [-0.25, -0.2) is 5.84 Å². The predicted octanol–water partition coefficient (Wildman–Crippen LogP) is 1.12. The van der Waals surface area contributed by atoms with Crippen molar-refractivity contribution in [3.8, 4) is 5.75 Å². The first-order chi connectivity index (χ1) is 7.40. The third-order valence-corrected chi connectivity index (χ3v) is 1.66. The molecule has 0 aliphatic carbocycles. The lowest BCUT2D eigenvalue weighted by atomic mass is 10.1. The van der Waals surface area contributed by atoms with Gasteiger partial charge in [0, 0.05) is 0 Å². The average Bonchev–Trinajstić information content (AvgIpc) is 2.15. The van der Waals surface area contributed by atoms with Gasteiger partial charge in [-0.3, -0.25) is 10.2 Å². The summed E-state index contributed by atoms with van der Waals surface area (Å²) >= 11 is 0. The fourth-order valence-electron chi connectivity index (χ4n) is 1.09. The molecule has 0 bridgehead atoms. The number of rotatable bonds is 3. The molecule has 0 fully saturated rings. The van der Waals surface area contributed by atoms with Gasteiger partial charge in [-0.2, -0.15) is 0 Å². The highest BCUT2D eigenvalue weighted by Crippen LogP contribution is 2.23. The molecule has 0 aliphatic heterocycles. The number of hydrogen-bond donors (Lipinski definition) is 2. The topological polar surface area (TPSA) is 64.3 Å². The lowest BCUT2D eigenvalue weighted by Gasteiger charge is -2.09. The first-order valence-corrected chi connectivity index (χ1v) is 4.25. The van der Waals surface area contributed by atoms with Crippen LogP contribution in [0.2, 0.25) is 0 Å². The van der Waals surface area contributed by atoms with Gasteiger partial charge in [0.1, 0.15) is 5.75 Å². The maximum absolute atomic E-state index is 11.9. The quantitative estimate of drug-likeness (QED) is 0.468. The molecule has 4 nitrogen and oxygen atoms in total. The molecular weight excluding hydrogens is 225 g/mol. The van der Waals surface area contributed by atoms with Gasteiger partial charge in [0.25, 0.3) is 0 Å². The van der Waals surface area contributed by atoms with E-state index < -0.39 is 12.3 Å². The van der Waals surface area contributed by atoms with E-state index >= 15 is 0 Å². The van der Waals surface area contributed by atoms with E-state index in [0.29, 0.717) is 5.56 Å². The molecule has 0 atom stereocenters. The second-order valence-electron chi connectivity index (χ2n) is 2.94. The summed E-state index contributed by atoms with van der Waals surface area (Å²) in [5.74, 6) is 3.99. The van der Waals surface area contributed by atoms with E-state index in [0.717, 1.165) is 12.1 Å². The normalized spacial score (nSPS) is 11.0. The van der Waals surface area contributed by atoms with E-state index in [1.54, 1.807) is 0 Å². The Labute approximate surface area is 89.2 Å². The molecule has 0 unspecified atom stereocenters. The monoisotopic (exact) mass is 234 g/mol. The molecule has 88 valence electrons. The Morgan fingerprint density at radius 3 is 2.69 bits per heavy atom. The number of carbonyl (C=O) groups excluding carboxylic acids is 1. The standard InChI is InChI=1S/C9H9F3N2O2/c10-9(11,12)16-7-3-1-2-6(4-7)5-8(15)14-13/h1-4H,5,13H2,(H,14,15). The van der Waals surface area contributed by atoms with Crippen molar-refractivity contribution < 1.29 is 22.7 Å². The number of ether oxygens (including phenoxy) is 1. The number of hydrogen-bond acceptors (Lipinski definition) is 3. The summed E-state index contributed by atoms with van der Waals surface area (Å²) in [6, 6.07) is 5.14.